The molecule has 0 unspecified atom stereocenters. The summed E-state index contributed by atoms with van der Waals surface area (Å²) in [7, 11) is 1.58. The Kier molecular flexibility index (Phi) is 5.36. The maximum Gasteiger partial charge on any atom is 0.283 e. The van der Waals surface area contributed by atoms with Crippen molar-refractivity contribution in [2.45, 2.75) is 10.9 Å². The molecule has 0 aliphatic rings. The number of methoxy groups -OCH3 is 1. The van der Waals surface area contributed by atoms with Crippen molar-refractivity contribution in [1.82, 2.24) is 14.5 Å². The van der Waals surface area contributed by atoms with Crippen LogP contribution in [0.5, 0.6) is 5.75 Å². The van der Waals surface area contributed by atoms with E-state index < -0.39 is 5.82 Å². The monoisotopic (exact) mass is 465 g/mol. The molecule has 5 rings (SSSR count). The predicted molar refractivity (Wildman–Crippen MR) is 127 cm³/mol. The average Bonchev–Trinajstić information content (AvgIpc) is 3.18. The van der Waals surface area contributed by atoms with Gasteiger partial charge in [-0.05, 0) is 42.5 Å². The average molecular weight is 466 g/mol. The lowest BCUT2D eigenvalue weighted by molar-refractivity contribution is 0.414. The zero-order chi connectivity index (χ0) is 22.2. The van der Waals surface area contributed by atoms with Gasteiger partial charge in [-0.25, -0.2) is 9.37 Å². The Hall–Kier alpha value is -3.29. The number of hydrogen-bond donors (Lipinski definition) is 1. The molecule has 2 heterocycles. The predicted octanol–water partition coefficient (Wildman–Crippen LogP) is 5.96. The molecule has 5 nitrogen and oxygen atoms in total. The van der Waals surface area contributed by atoms with Crippen molar-refractivity contribution in [3.8, 4) is 11.4 Å². The fourth-order valence-electron chi connectivity index (χ4n) is 3.61. The van der Waals surface area contributed by atoms with E-state index in [2.05, 4.69) is 4.98 Å². The third-order valence-electron chi connectivity index (χ3n) is 5.23. The second kappa shape index (κ2) is 8.33. The number of hydrogen-bond acceptors (Lipinski definition) is 4. The summed E-state index contributed by atoms with van der Waals surface area (Å²) in [6.07, 6.45) is 0. The van der Waals surface area contributed by atoms with Gasteiger partial charge in [-0.15, -0.1) is 0 Å². The highest BCUT2D eigenvalue weighted by Gasteiger charge is 2.18. The minimum absolute atomic E-state index is 0.224. The van der Waals surface area contributed by atoms with E-state index >= 15 is 0 Å². The van der Waals surface area contributed by atoms with Crippen LogP contribution < -0.4 is 10.3 Å². The fourth-order valence-corrected chi connectivity index (χ4v) is 4.95. The minimum Gasteiger partial charge on any atom is -0.497 e. The second-order valence-corrected chi connectivity index (χ2v) is 8.47. The number of para-hydroxylation sites is 1. The molecule has 160 valence electrons. The topological polar surface area (TPSA) is 59.9 Å². The van der Waals surface area contributed by atoms with Crippen LogP contribution in [-0.2, 0) is 5.75 Å². The normalized spacial score (nSPS) is 11.3. The Morgan fingerprint density at radius 2 is 1.88 bits per heavy atom. The van der Waals surface area contributed by atoms with Gasteiger partial charge in [0.05, 0.1) is 12.8 Å². The molecule has 0 spiro atoms. The number of aromatic amines is 1. The molecule has 0 aliphatic carbocycles. The molecule has 0 atom stereocenters. The maximum absolute atomic E-state index is 14.3. The highest BCUT2D eigenvalue weighted by atomic mass is 35.5. The summed E-state index contributed by atoms with van der Waals surface area (Å²) in [6, 6.07) is 19.3. The largest absolute Gasteiger partial charge is 0.497 e. The molecule has 2 aromatic heterocycles. The third-order valence-corrected chi connectivity index (χ3v) is 6.55. The second-order valence-electron chi connectivity index (χ2n) is 7.12. The van der Waals surface area contributed by atoms with Gasteiger partial charge in [0.15, 0.2) is 5.16 Å². The van der Waals surface area contributed by atoms with Gasteiger partial charge < -0.3 is 9.72 Å². The summed E-state index contributed by atoms with van der Waals surface area (Å²) in [6.45, 7) is 0. The van der Waals surface area contributed by atoms with Crippen LogP contribution in [0.2, 0.25) is 5.02 Å². The molecule has 32 heavy (non-hydrogen) atoms. The Morgan fingerprint density at radius 3 is 2.62 bits per heavy atom. The summed E-state index contributed by atoms with van der Waals surface area (Å²) < 4.78 is 21.1. The number of aromatic nitrogens is 3. The summed E-state index contributed by atoms with van der Waals surface area (Å²) in [4.78, 5) is 21.6. The smallest absolute Gasteiger partial charge is 0.283 e. The lowest BCUT2D eigenvalue weighted by Crippen LogP contribution is -2.21. The van der Waals surface area contributed by atoms with Gasteiger partial charge in [0.25, 0.3) is 5.56 Å². The lowest BCUT2D eigenvalue weighted by Gasteiger charge is -2.13. The van der Waals surface area contributed by atoms with Gasteiger partial charge in [-0.2, -0.15) is 0 Å². The van der Waals surface area contributed by atoms with Crippen LogP contribution in [0.1, 0.15) is 5.56 Å². The fraction of sp³-hybridized carbons (Fsp3) is 0.0833. The molecule has 0 fully saturated rings. The van der Waals surface area contributed by atoms with Crippen LogP contribution in [-0.4, -0.2) is 21.6 Å². The molecule has 0 radical (unpaired) electrons. The van der Waals surface area contributed by atoms with Crippen molar-refractivity contribution in [3.63, 3.8) is 0 Å². The summed E-state index contributed by atoms with van der Waals surface area (Å²) >= 11 is 7.47. The van der Waals surface area contributed by atoms with Gasteiger partial charge >= 0.3 is 0 Å². The summed E-state index contributed by atoms with van der Waals surface area (Å²) in [5.74, 6) is 0.507. The first-order chi connectivity index (χ1) is 15.6. The number of rotatable bonds is 5. The van der Waals surface area contributed by atoms with E-state index in [9.17, 15) is 9.18 Å². The van der Waals surface area contributed by atoms with Crippen molar-refractivity contribution in [1.29, 1.82) is 0 Å². The molecule has 3 aromatic carbocycles. The van der Waals surface area contributed by atoms with Crippen LogP contribution in [0.25, 0.3) is 27.6 Å². The van der Waals surface area contributed by atoms with Crippen LogP contribution >= 0.6 is 23.4 Å². The van der Waals surface area contributed by atoms with Gasteiger partial charge in [0.2, 0.25) is 0 Å². The van der Waals surface area contributed by atoms with E-state index in [1.165, 1.54) is 22.4 Å². The van der Waals surface area contributed by atoms with Crippen molar-refractivity contribution >= 4 is 45.3 Å². The molecule has 8 heteroatoms. The van der Waals surface area contributed by atoms with E-state index in [1.807, 2.05) is 24.3 Å². The van der Waals surface area contributed by atoms with Crippen LogP contribution in [0.3, 0.4) is 0 Å². The molecule has 0 saturated heterocycles. The zero-order valence-corrected chi connectivity index (χ0v) is 18.5. The number of nitrogens with zero attached hydrogens (tertiary/aromatic N) is 2. The van der Waals surface area contributed by atoms with Crippen molar-refractivity contribution in [3.05, 3.63) is 93.5 Å². The minimum atomic E-state index is -0.392. The van der Waals surface area contributed by atoms with Crippen LogP contribution in [0.15, 0.2) is 76.7 Å². The van der Waals surface area contributed by atoms with E-state index in [-0.39, 0.29) is 11.3 Å². The molecule has 0 aliphatic heterocycles. The Balaban J connectivity index is 1.70. The van der Waals surface area contributed by atoms with Crippen LogP contribution in [0.4, 0.5) is 4.39 Å². The first-order valence-corrected chi connectivity index (χ1v) is 11.2. The van der Waals surface area contributed by atoms with Crippen LogP contribution in [0, 0.1) is 5.82 Å². The number of nitrogens with one attached hydrogen (secondary N) is 1. The highest BCUT2D eigenvalue weighted by molar-refractivity contribution is 7.98. The molecule has 0 saturated carbocycles. The first kappa shape index (κ1) is 20.6. The number of fused-ring (bicyclic) bond motifs is 3. The van der Waals surface area contributed by atoms with Gasteiger partial charge in [0.1, 0.15) is 22.6 Å². The van der Waals surface area contributed by atoms with Gasteiger partial charge in [-0.3, -0.25) is 9.36 Å². The lowest BCUT2D eigenvalue weighted by atomic mass is 10.2. The zero-order valence-electron chi connectivity index (χ0n) is 16.9. The van der Waals surface area contributed by atoms with Gasteiger partial charge in [-0.1, -0.05) is 47.6 Å². The third kappa shape index (κ3) is 3.53. The number of halogens is 2. The van der Waals surface area contributed by atoms with Crippen molar-refractivity contribution in [2.24, 2.45) is 0 Å². The van der Waals surface area contributed by atoms with E-state index in [0.717, 1.165) is 10.9 Å². The number of benzene rings is 3. The van der Waals surface area contributed by atoms with E-state index in [1.54, 1.807) is 43.5 Å². The summed E-state index contributed by atoms with van der Waals surface area (Å²) in [5.41, 5.74) is 2.58. The molecule has 5 aromatic rings. The van der Waals surface area contributed by atoms with Crippen molar-refractivity contribution < 1.29 is 9.13 Å². The SMILES string of the molecule is COc1ccc(-n2c(SCc3c(F)cccc3Cl)nc3c([nH]c4ccccc43)c2=O)cc1. The van der Waals surface area contributed by atoms with E-state index in [0.29, 0.717) is 38.2 Å². The number of H-pyrrole nitrogens is 1. The Morgan fingerprint density at radius 1 is 1.09 bits per heavy atom. The number of thioether (sulfide) groups is 1. The standard InChI is InChI=1S/C24H17ClFN3O2S/c1-31-15-11-9-14(10-12-15)29-23(30)22-21(16-5-2-3-8-20(16)27-22)28-24(29)32-13-17-18(25)6-4-7-19(17)26/h2-12,27H,13H2,1H3. The maximum atomic E-state index is 14.3. The molecule has 1 N–H and O–H groups in total. The Bertz CT molecular complexity index is 1490. The van der Waals surface area contributed by atoms with Crippen molar-refractivity contribution in [2.75, 3.05) is 7.11 Å². The Labute approximate surface area is 191 Å². The number of ether oxygens (including phenoxy) is 1. The molecule has 0 bridgehead atoms. The van der Waals surface area contributed by atoms with Gasteiger partial charge in [0, 0.05) is 27.2 Å². The highest BCUT2D eigenvalue weighted by Crippen LogP contribution is 2.31. The quantitative estimate of drug-likeness (QED) is 0.257. The molecular formula is C24H17ClFN3O2S. The first-order valence-electron chi connectivity index (χ1n) is 9.80. The van der Waals surface area contributed by atoms with E-state index in [4.69, 9.17) is 21.3 Å². The molecular weight excluding hydrogens is 449 g/mol. The summed E-state index contributed by atoms with van der Waals surface area (Å²) in [5, 5.41) is 1.63. The molecule has 0 amide bonds.